The van der Waals surface area contributed by atoms with E-state index in [2.05, 4.69) is 10.6 Å². The molecule has 0 radical (unpaired) electrons. The van der Waals surface area contributed by atoms with E-state index in [4.69, 9.17) is 8.83 Å². The van der Waals surface area contributed by atoms with Crippen LogP contribution >= 0.6 is 11.8 Å². The Morgan fingerprint density at radius 3 is 2.33 bits per heavy atom. The zero-order valence-electron chi connectivity index (χ0n) is 25.7. The summed E-state index contributed by atoms with van der Waals surface area (Å²) in [5.41, 5.74) is 4.52. The van der Waals surface area contributed by atoms with Gasteiger partial charge in [0.15, 0.2) is 0 Å². The van der Waals surface area contributed by atoms with Crippen LogP contribution in [0.25, 0.3) is 33.1 Å². The molecule has 0 saturated heterocycles. The third kappa shape index (κ3) is 7.69. The molecule has 0 spiro atoms. The summed E-state index contributed by atoms with van der Waals surface area (Å²) in [4.78, 5) is 51.0. The maximum atomic E-state index is 13.1. The Morgan fingerprint density at radius 2 is 1.63 bits per heavy atom. The molecule has 0 aliphatic carbocycles. The Kier molecular flexibility index (Phi) is 10.6. The second kappa shape index (κ2) is 15.0. The summed E-state index contributed by atoms with van der Waals surface area (Å²) < 4.78 is 11.4. The third-order valence-electron chi connectivity index (χ3n) is 7.91. The lowest BCUT2D eigenvalue weighted by Crippen LogP contribution is -2.52. The lowest BCUT2D eigenvalue weighted by Gasteiger charge is -2.21. The number of carboxylic acid groups (broad SMARTS) is 1. The summed E-state index contributed by atoms with van der Waals surface area (Å²) in [6.07, 6.45) is 2.67. The fraction of sp³-hybridized carbons (Fsp3) is 0.278. The van der Waals surface area contributed by atoms with Crippen LogP contribution in [0.3, 0.4) is 0 Å². The number of carbonyl (C=O) groups excluding carboxylic acids is 2. The SMILES string of the molecule is CCC[C@@H](NC(=O)CCc1c(C)c2cc3c(-c4ccccc4)coc3cc2oc1=O)C(=O)N[C@H](CSCc1ccccc1)C(=O)O. The van der Waals surface area contributed by atoms with Crippen LogP contribution < -0.4 is 16.3 Å². The van der Waals surface area contributed by atoms with Gasteiger partial charge in [-0.1, -0.05) is 74.0 Å². The zero-order valence-corrected chi connectivity index (χ0v) is 26.5. The minimum absolute atomic E-state index is 0.0525. The average Bonchev–Trinajstić information content (AvgIpc) is 3.46. The van der Waals surface area contributed by atoms with E-state index in [1.807, 2.05) is 80.6 Å². The number of rotatable bonds is 14. The van der Waals surface area contributed by atoms with Crippen molar-refractivity contribution in [3.63, 3.8) is 0 Å². The van der Waals surface area contributed by atoms with Crippen molar-refractivity contribution >= 4 is 51.5 Å². The molecule has 5 rings (SSSR count). The summed E-state index contributed by atoms with van der Waals surface area (Å²) in [6, 6.07) is 21.1. The molecule has 2 heterocycles. The molecule has 0 aliphatic heterocycles. The molecule has 2 aromatic heterocycles. The molecule has 10 heteroatoms. The van der Waals surface area contributed by atoms with Gasteiger partial charge in [-0.05, 0) is 42.5 Å². The molecule has 0 saturated carbocycles. The molecule has 2 amide bonds. The van der Waals surface area contributed by atoms with Crippen molar-refractivity contribution in [1.82, 2.24) is 10.6 Å². The minimum Gasteiger partial charge on any atom is -0.480 e. The molecule has 5 aromatic rings. The van der Waals surface area contributed by atoms with Gasteiger partial charge in [-0.25, -0.2) is 9.59 Å². The minimum atomic E-state index is -1.14. The number of hydrogen-bond donors (Lipinski definition) is 3. The number of carbonyl (C=O) groups is 3. The second-order valence-corrected chi connectivity index (χ2v) is 12.2. The number of thioether (sulfide) groups is 1. The molecule has 0 unspecified atom stereocenters. The first-order valence-corrected chi connectivity index (χ1v) is 16.4. The van der Waals surface area contributed by atoms with Gasteiger partial charge in [-0.3, -0.25) is 9.59 Å². The van der Waals surface area contributed by atoms with Crippen molar-refractivity contribution in [2.45, 2.75) is 57.4 Å². The van der Waals surface area contributed by atoms with Gasteiger partial charge in [-0.2, -0.15) is 11.8 Å². The Balaban J connectivity index is 1.25. The Hall–Kier alpha value is -4.83. The van der Waals surface area contributed by atoms with Gasteiger partial charge in [-0.15, -0.1) is 0 Å². The molecule has 46 heavy (non-hydrogen) atoms. The van der Waals surface area contributed by atoms with Crippen molar-refractivity contribution in [2.75, 3.05) is 5.75 Å². The van der Waals surface area contributed by atoms with Gasteiger partial charge < -0.3 is 24.6 Å². The first-order valence-electron chi connectivity index (χ1n) is 15.2. The number of furan rings is 1. The smallest absolute Gasteiger partial charge is 0.339 e. The van der Waals surface area contributed by atoms with Crippen molar-refractivity contribution < 1.29 is 28.3 Å². The molecular weight excluding hydrogens is 604 g/mol. The van der Waals surface area contributed by atoms with Crippen molar-refractivity contribution in [3.8, 4) is 11.1 Å². The van der Waals surface area contributed by atoms with Gasteiger partial charge in [0, 0.05) is 45.9 Å². The van der Waals surface area contributed by atoms with Crippen LogP contribution in [-0.4, -0.2) is 40.7 Å². The van der Waals surface area contributed by atoms with Crippen molar-refractivity contribution in [1.29, 1.82) is 0 Å². The monoisotopic (exact) mass is 640 g/mol. The predicted molar refractivity (Wildman–Crippen MR) is 180 cm³/mol. The van der Waals surface area contributed by atoms with Crippen LogP contribution in [0.4, 0.5) is 0 Å². The highest BCUT2D eigenvalue weighted by atomic mass is 32.2. The average molecular weight is 641 g/mol. The lowest BCUT2D eigenvalue weighted by molar-refractivity contribution is -0.141. The van der Waals surface area contributed by atoms with Gasteiger partial charge in [0.2, 0.25) is 11.8 Å². The molecule has 9 nitrogen and oxygen atoms in total. The topological polar surface area (TPSA) is 139 Å². The summed E-state index contributed by atoms with van der Waals surface area (Å²) in [7, 11) is 0. The highest BCUT2D eigenvalue weighted by Gasteiger charge is 2.26. The molecule has 238 valence electrons. The third-order valence-corrected chi connectivity index (χ3v) is 9.01. The summed E-state index contributed by atoms with van der Waals surface area (Å²) in [6.45, 7) is 3.70. The first-order chi connectivity index (χ1) is 22.2. The largest absolute Gasteiger partial charge is 0.480 e. The van der Waals surface area contributed by atoms with Crippen LogP contribution in [0, 0.1) is 6.92 Å². The molecule has 3 aromatic carbocycles. The molecule has 2 atom stereocenters. The van der Waals surface area contributed by atoms with Crippen LogP contribution in [0.1, 0.15) is 42.9 Å². The summed E-state index contributed by atoms with van der Waals surface area (Å²) in [5.74, 6) is -1.33. The quantitative estimate of drug-likeness (QED) is 0.121. The number of carboxylic acids is 1. The predicted octanol–water partition coefficient (Wildman–Crippen LogP) is 6.23. The van der Waals surface area contributed by atoms with Crippen LogP contribution in [0.15, 0.2) is 92.7 Å². The number of nitrogens with one attached hydrogen (secondary N) is 2. The molecule has 3 N–H and O–H groups in total. The maximum Gasteiger partial charge on any atom is 0.339 e. The number of hydrogen-bond acceptors (Lipinski definition) is 7. The van der Waals surface area contributed by atoms with E-state index in [1.54, 1.807) is 12.3 Å². The van der Waals surface area contributed by atoms with Gasteiger partial charge in [0.1, 0.15) is 23.2 Å². The van der Waals surface area contributed by atoms with E-state index in [-0.39, 0.29) is 18.6 Å². The fourth-order valence-corrected chi connectivity index (χ4v) is 6.43. The second-order valence-electron chi connectivity index (χ2n) is 11.2. The fourth-order valence-electron chi connectivity index (χ4n) is 5.42. The molecular formula is C36H36N2O7S. The Bertz CT molecular complexity index is 1900. The van der Waals surface area contributed by atoms with E-state index < -0.39 is 35.5 Å². The number of benzene rings is 3. The number of fused-ring (bicyclic) bond motifs is 2. The number of aryl methyl sites for hydroxylation is 1. The molecule has 0 bridgehead atoms. The van der Waals surface area contributed by atoms with Crippen LogP contribution in [0.2, 0.25) is 0 Å². The standard InChI is InChI=1S/C36H36N2O7S/c1-3-10-29(34(40)38-30(35(41)42)21-46-20-23-11-6-4-7-12-23)37-33(39)16-15-25-22(2)26-17-27-28(24-13-8-5-9-14-24)19-44-31(27)18-32(26)45-36(25)43/h4-9,11-14,17-19,29-30H,3,10,15-16,20-21H2,1-2H3,(H,37,39)(H,38,40)(H,41,42)/t29-,30-/m1/s1. The van der Waals surface area contributed by atoms with E-state index in [0.717, 1.165) is 27.5 Å². The summed E-state index contributed by atoms with van der Waals surface area (Å²) >= 11 is 1.41. The summed E-state index contributed by atoms with van der Waals surface area (Å²) in [5, 5.41) is 16.7. The maximum absolute atomic E-state index is 13.1. The van der Waals surface area contributed by atoms with E-state index in [0.29, 0.717) is 40.9 Å². The first kappa shape index (κ1) is 32.6. The lowest BCUT2D eigenvalue weighted by atomic mass is 9.99. The van der Waals surface area contributed by atoms with Crippen LogP contribution in [0.5, 0.6) is 0 Å². The molecule has 0 fully saturated rings. The van der Waals surface area contributed by atoms with E-state index in [9.17, 15) is 24.3 Å². The molecule has 0 aliphatic rings. The highest BCUT2D eigenvalue weighted by Crippen LogP contribution is 2.34. The Morgan fingerprint density at radius 1 is 0.913 bits per heavy atom. The van der Waals surface area contributed by atoms with E-state index >= 15 is 0 Å². The number of aliphatic carboxylic acids is 1. The van der Waals surface area contributed by atoms with Crippen molar-refractivity contribution in [2.24, 2.45) is 0 Å². The Labute approximate surface area is 270 Å². The van der Waals surface area contributed by atoms with Gasteiger partial charge in [0.05, 0.1) is 6.26 Å². The highest BCUT2D eigenvalue weighted by molar-refractivity contribution is 7.98. The van der Waals surface area contributed by atoms with Gasteiger partial charge in [0.25, 0.3) is 0 Å². The van der Waals surface area contributed by atoms with Crippen LogP contribution in [-0.2, 0) is 26.6 Å². The van der Waals surface area contributed by atoms with Crippen molar-refractivity contribution in [3.05, 3.63) is 106 Å². The normalized spacial score (nSPS) is 12.6. The van der Waals surface area contributed by atoms with Gasteiger partial charge >= 0.3 is 11.6 Å². The zero-order chi connectivity index (χ0) is 32.6. The number of amides is 2. The van der Waals surface area contributed by atoms with E-state index in [1.165, 1.54) is 11.8 Å².